The maximum atomic E-state index is 11.7. The van der Waals surface area contributed by atoms with Crippen molar-refractivity contribution in [2.45, 2.75) is 17.9 Å². The number of hydrogen-bond donors (Lipinski definition) is 2. The second kappa shape index (κ2) is 5.07. The molecule has 0 heterocycles. The molecule has 0 fully saturated rings. The van der Waals surface area contributed by atoms with Gasteiger partial charge in [-0.05, 0) is 35.0 Å². The third-order valence-electron chi connectivity index (χ3n) is 1.69. The molecular formula is C9H12BrNO3S. The van der Waals surface area contributed by atoms with Crippen LogP contribution >= 0.6 is 15.9 Å². The standard InChI is InChI=1S/C9H12BrNO3S/c1-7(12)6-11-15(13,14)9-5-3-2-4-8(9)10/h2-5,7,11-12H,6H2,1H3/t7-/m1/s1. The summed E-state index contributed by atoms with van der Waals surface area (Å²) in [6.45, 7) is 1.52. The van der Waals surface area contributed by atoms with E-state index in [1.807, 2.05) is 0 Å². The molecule has 1 atom stereocenters. The number of benzene rings is 1. The van der Waals surface area contributed by atoms with Crippen molar-refractivity contribution in [1.82, 2.24) is 4.72 Å². The van der Waals surface area contributed by atoms with Crippen molar-refractivity contribution < 1.29 is 13.5 Å². The highest BCUT2D eigenvalue weighted by Crippen LogP contribution is 2.20. The maximum Gasteiger partial charge on any atom is 0.241 e. The van der Waals surface area contributed by atoms with Gasteiger partial charge in [0, 0.05) is 11.0 Å². The number of aliphatic hydroxyl groups excluding tert-OH is 1. The molecule has 1 rings (SSSR count). The first kappa shape index (κ1) is 12.6. The quantitative estimate of drug-likeness (QED) is 0.874. The van der Waals surface area contributed by atoms with E-state index < -0.39 is 16.1 Å². The van der Waals surface area contributed by atoms with Crippen molar-refractivity contribution in [3.63, 3.8) is 0 Å². The molecule has 0 unspecified atom stereocenters. The monoisotopic (exact) mass is 293 g/mol. The molecule has 0 spiro atoms. The van der Waals surface area contributed by atoms with Gasteiger partial charge in [-0.15, -0.1) is 0 Å². The molecule has 0 saturated heterocycles. The van der Waals surface area contributed by atoms with Crippen molar-refractivity contribution in [2.24, 2.45) is 0 Å². The summed E-state index contributed by atoms with van der Waals surface area (Å²) in [4.78, 5) is 0.172. The van der Waals surface area contributed by atoms with E-state index in [0.717, 1.165) is 0 Å². The molecule has 6 heteroatoms. The highest BCUT2D eigenvalue weighted by atomic mass is 79.9. The molecule has 0 aromatic heterocycles. The van der Waals surface area contributed by atoms with Gasteiger partial charge < -0.3 is 5.11 Å². The molecule has 2 N–H and O–H groups in total. The molecular weight excluding hydrogens is 282 g/mol. The van der Waals surface area contributed by atoms with Gasteiger partial charge in [-0.1, -0.05) is 12.1 Å². The predicted molar refractivity (Wildman–Crippen MR) is 61.0 cm³/mol. The Bertz CT molecular complexity index is 431. The fraction of sp³-hybridized carbons (Fsp3) is 0.333. The lowest BCUT2D eigenvalue weighted by atomic mass is 10.4. The van der Waals surface area contributed by atoms with Crippen molar-refractivity contribution in [3.05, 3.63) is 28.7 Å². The van der Waals surface area contributed by atoms with Crippen LogP contribution in [-0.4, -0.2) is 26.2 Å². The van der Waals surface area contributed by atoms with Gasteiger partial charge in [0.15, 0.2) is 0 Å². The van der Waals surface area contributed by atoms with Crippen LogP contribution in [0.3, 0.4) is 0 Å². The molecule has 0 saturated carbocycles. The Morgan fingerprint density at radius 1 is 1.47 bits per heavy atom. The van der Waals surface area contributed by atoms with Crippen LogP contribution in [0, 0.1) is 0 Å². The van der Waals surface area contributed by atoms with E-state index in [1.165, 1.54) is 13.0 Å². The minimum atomic E-state index is -3.54. The molecule has 0 radical (unpaired) electrons. The normalized spacial score (nSPS) is 13.8. The maximum absolute atomic E-state index is 11.7. The van der Waals surface area contributed by atoms with Gasteiger partial charge >= 0.3 is 0 Å². The fourth-order valence-corrected chi connectivity index (χ4v) is 3.09. The first-order valence-corrected chi connectivity index (χ1v) is 6.63. The molecule has 1 aromatic rings. The second-order valence-corrected chi connectivity index (χ2v) is 5.72. The number of aliphatic hydroxyl groups is 1. The summed E-state index contributed by atoms with van der Waals surface area (Å²) in [7, 11) is -3.54. The Labute approximate surface area is 97.5 Å². The van der Waals surface area contributed by atoms with E-state index in [0.29, 0.717) is 4.47 Å². The number of nitrogens with one attached hydrogen (secondary N) is 1. The smallest absolute Gasteiger partial charge is 0.241 e. The number of sulfonamides is 1. The van der Waals surface area contributed by atoms with Crippen LogP contribution < -0.4 is 4.72 Å². The molecule has 0 aliphatic heterocycles. The molecule has 4 nitrogen and oxygen atoms in total. The minimum Gasteiger partial charge on any atom is -0.392 e. The average molecular weight is 294 g/mol. The molecule has 84 valence electrons. The van der Waals surface area contributed by atoms with Crippen LogP contribution in [-0.2, 0) is 10.0 Å². The summed E-state index contributed by atoms with van der Waals surface area (Å²) in [5, 5.41) is 8.99. The van der Waals surface area contributed by atoms with E-state index in [9.17, 15) is 8.42 Å². The predicted octanol–water partition coefficient (Wildman–Crippen LogP) is 1.11. The van der Waals surface area contributed by atoms with Crippen molar-refractivity contribution >= 4 is 26.0 Å². The Balaban J connectivity index is 2.92. The fourth-order valence-electron chi connectivity index (χ4n) is 0.971. The van der Waals surface area contributed by atoms with Crippen molar-refractivity contribution in [1.29, 1.82) is 0 Å². The van der Waals surface area contributed by atoms with Gasteiger partial charge in [0.2, 0.25) is 10.0 Å². The molecule has 1 aromatic carbocycles. The topological polar surface area (TPSA) is 66.4 Å². The molecule has 0 aliphatic carbocycles. The zero-order chi connectivity index (χ0) is 11.5. The summed E-state index contributed by atoms with van der Waals surface area (Å²) in [5.41, 5.74) is 0. The number of hydrogen-bond acceptors (Lipinski definition) is 3. The van der Waals surface area contributed by atoms with Crippen LogP contribution in [0.15, 0.2) is 33.6 Å². The number of halogens is 1. The lowest BCUT2D eigenvalue weighted by Crippen LogP contribution is -2.30. The second-order valence-electron chi connectivity index (χ2n) is 3.13. The Kier molecular flexibility index (Phi) is 4.27. The van der Waals surface area contributed by atoms with Crippen LogP contribution in [0.1, 0.15) is 6.92 Å². The van der Waals surface area contributed by atoms with Gasteiger partial charge in [-0.25, -0.2) is 13.1 Å². The van der Waals surface area contributed by atoms with Gasteiger partial charge in [-0.2, -0.15) is 0 Å². The zero-order valence-electron chi connectivity index (χ0n) is 8.14. The van der Waals surface area contributed by atoms with Crippen LogP contribution in [0.25, 0.3) is 0 Å². The van der Waals surface area contributed by atoms with Gasteiger partial charge in [0.25, 0.3) is 0 Å². The van der Waals surface area contributed by atoms with E-state index >= 15 is 0 Å². The highest BCUT2D eigenvalue weighted by Gasteiger charge is 2.16. The summed E-state index contributed by atoms with van der Waals surface area (Å²) in [6.07, 6.45) is -0.706. The average Bonchev–Trinajstić information content (AvgIpc) is 2.15. The SMILES string of the molecule is C[C@@H](O)CNS(=O)(=O)c1ccccc1Br. The Hall–Kier alpha value is -0.430. The van der Waals surface area contributed by atoms with Gasteiger partial charge in [0.1, 0.15) is 0 Å². The minimum absolute atomic E-state index is 0.00364. The van der Waals surface area contributed by atoms with Gasteiger partial charge in [-0.3, -0.25) is 0 Å². The lowest BCUT2D eigenvalue weighted by Gasteiger charge is -2.09. The van der Waals surface area contributed by atoms with Crippen LogP contribution in [0.2, 0.25) is 0 Å². The highest BCUT2D eigenvalue weighted by molar-refractivity contribution is 9.10. The molecule has 0 bridgehead atoms. The Morgan fingerprint density at radius 3 is 2.60 bits per heavy atom. The Morgan fingerprint density at radius 2 is 2.07 bits per heavy atom. The van der Waals surface area contributed by atoms with Crippen molar-refractivity contribution in [3.8, 4) is 0 Å². The van der Waals surface area contributed by atoms with Crippen LogP contribution in [0.4, 0.5) is 0 Å². The van der Waals surface area contributed by atoms with Gasteiger partial charge in [0.05, 0.1) is 11.0 Å². The summed E-state index contributed by atoms with van der Waals surface area (Å²) in [5.74, 6) is 0. The molecule has 15 heavy (non-hydrogen) atoms. The zero-order valence-corrected chi connectivity index (χ0v) is 10.5. The third-order valence-corrected chi connectivity index (χ3v) is 4.13. The third kappa shape index (κ3) is 3.57. The van der Waals surface area contributed by atoms with Crippen molar-refractivity contribution in [2.75, 3.05) is 6.54 Å². The van der Waals surface area contributed by atoms with E-state index in [-0.39, 0.29) is 11.4 Å². The summed E-state index contributed by atoms with van der Waals surface area (Å²) < 4.78 is 26.2. The molecule has 0 aliphatic rings. The number of rotatable bonds is 4. The summed E-state index contributed by atoms with van der Waals surface area (Å²) >= 11 is 3.16. The first-order valence-electron chi connectivity index (χ1n) is 4.36. The largest absolute Gasteiger partial charge is 0.392 e. The van der Waals surface area contributed by atoms with Crippen LogP contribution in [0.5, 0.6) is 0 Å². The van der Waals surface area contributed by atoms with E-state index in [2.05, 4.69) is 20.7 Å². The van der Waals surface area contributed by atoms with E-state index in [4.69, 9.17) is 5.11 Å². The van der Waals surface area contributed by atoms with E-state index in [1.54, 1.807) is 18.2 Å². The lowest BCUT2D eigenvalue weighted by molar-refractivity contribution is 0.198. The first-order chi connectivity index (χ1) is 6.93. The molecule has 0 amide bonds. The summed E-state index contributed by atoms with van der Waals surface area (Å²) in [6, 6.07) is 6.52.